The van der Waals surface area contributed by atoms with Crippen molar-refractivity contribution in [2.45, 2.75) is 20.4 Å². The van der Waals surface area contributed by atoms with Gasteiger partial charge < -0.3 is 9.88 Å². The standard InChI is InChI=1S/C21H19Cl2N3OS/c1-4-12-26-19(15-10-8-13(2)9-11-15)20(24-14(3)27)28-21(26)25-17-7-5-6-16(22)18(17)23/h4-11H,1,12H2,2-3H3,(H,24,27). The number of carbonyl (C=O) groups is 1. The van der Waals surface area contributed by atoms with E-state index in [1.807, 2.05) is 35.8 Å². The van der Waals surface area contributed by atoms with E-state index in [9.17, 15) is 4.79 Å². The Labute approximate surface area is 177 Å². The number of rotatable bonds is 5. The van der Waals surface area contributed by atoms with Crippen molar-refractivity contribution in [2.24, 2.45) is 4.99 Å². The molecule has 0 bridgehead atoms. The first-order valence-electron chi connectivity index (χ1n) is 8.58. The number of hydrogen-bond acceptors (Lipinski definition) is 3. The number of thiazole rings is 1. The predicted octanol–water partition coefficient (Wildman–Crippen LogP) is 6.21. The number of carbonyl (C=O) groups excluding carboxylic acids is 1. The number of aromatic nitrogens is 1. The number of aryl methyl sites for hydroxylation is 1. The van der Waals surface area contributed by atoms with Crippen molar-refractivity contribution in [1.29, 1.82) is 0 Å². The van der Waals surface area contributed by atoms with Crippen molar-refractivity contribution in [3.63, 3.8) is 0 Å². The minimum atomic E-state index is -0.146. The number of amides is 1. The van der Waals surface area contributed by atoms with Gasteiger partial charge in [0.25, 0.3) is 0 Å². The highest BCUT2D eigenvalue weighted by molar-refractivity contribution is 7.14. The van der Waals surface area contributed by atoms with Crippen molar-refractivity contribution < 1.29 is 4.79 Å². The Bertz CT molecular complexity index is 1100. The summed E-state index contributed by atoms with van der Waals surface area (Å²) in [6, 6.07) is 13.4. The number of nitrogens with one attached hydrogen (secondary N) is 1. The summed E-state index contributed by atoms with van der Waals surface area (Å²) in [6.07, 6.45) is 1.79. The maximum atomic E-state index is 11.8. The molecule has 1 N–H and O–H groups in total. The van der Waals surface area contributed by atoms with Gasteiger partial charge in [-0.2, -0.15) is 0 Å². The van der Waals surface area contributed by atoms with Crippen LogP contribution >= 0.6 is 34.5 Å². The lowest BCUT2D eigenvalue weighted by molar-refractivity contribution is -0.114. The summed E-state index contributed by atoms with van der Waals surface area (Å²) < 4.78 is 2.00. The predicted molar refractivity (Wildman–Crippen MR) is 119 cm³/mol. The first-order valence-corrected chi connectivity index (χ1v) is 10.2. The molecule has 0 saturated heterocycles. The number of allylic oxidation sites excluding steroid dienone is 1. The van der Waals surface area contributed by atoms with Gasteiger partial charge in [-0.1, -0.05) is 76.5 Å². The van der Waals surface area contributed by atoms with Crippen molar-refractivity contribution in [3.05, 3.63) is 75.5 Å². The highest BCUT2D eigenvalue weighted by atomic mass is 35.5. The van der Waals surface area contributed by atoms with E-state index in [0.29, 0.717) is 27.1 Å². The first kappa shape index (κ1) is 20.4. The molecule has 28 heavy (non-hydrogen) atoms. The Balaban J connectivity index is 2.29. The largest absolute Gasteiger partial charge is 0.316 e. The summed E-state index contributed by atoms with van der Waals surface area (Å²) in [4.78, 5) is 17.2. The molecular weight excluding hydrogens is 413 g/mol. The van der Waals surface area contributed by atoms with Crippen LogP contribution in [-0.2, 0) is 11.3 Å². The monoisotopic (exact) mass is 431 g/mol. The van der Waals surface area contributed by atoms with E-state index in [1.165, 1.54) is 18.3 Å². The summed E-state index contributed by atoms with van der Waals surface area (Å²) in [5.41, 5.74) is 3.58. The van der Waals surface area contributed by atoms with Crippen LogP contribution in [0.25, 0.3) is 11.3 Å². The third kappa shape index (κ3) is 4.38. The molecule has 4 nitrogen and oxygen atoms in total. The lowest BCUT2D eigenvalue weighted by atomic mass is 10.1. The average Bonchev–Trinajstić information content (AvgIpc) is 2.96. The van der Waals surface area contributed by atoms with Crippen LogP contribution in [0.5, 0.6) is 0 Å². The second-order valence-corrected chi connectivity index (χ2v) is 7.96. The van der Waals surface area contributed by atoms with Crippen LogP contribution in [0, 0.1) is 6.92 Å². The number of nitrogens with zero attached hydrogens (tertiary/aromatic N) is 2. The van der Waals surface area contributed by atoms with Crippen LogP contribution in [0.2, 0.25) is 10.0 Å². The summed E-state index contributed by atoms with van der Waals surface area (Å²) >= 11 is 13.8. The zero-order valence-corrected chi connectivity index (χ0v) is 17.8. The van der Waals surface area contributed by atoms with Crippen LogP contribution in [0.1, 0.15) is 12.5 Å². The molecule has 0 aliphatic heterocycles. The quantitative estimate of drug-likeness (QED) is 0.479. The summed E-state index contributed by atoms with van der Waals surface area (Å²) in [7, 11) is 0. The SMILES string of the molecule is C=CCn1c(-c2ccc(C)cc2)c(NC(C)=O)sc1=Nc1cccc(Cl)c1Cl. The molecule has 1 amide bonds. The van der Waals surface area contributed by atoms with Crippen LogP contribution in [0.15, 0.2) is 60.1 Å². The second kappa shape index (κ2) is 8.78. The van der Waals surface area contributed by atoms with Gasteiger partial charge in [0.1, 0.15) is 5.00 Å². The summed E-state index contributed by atoms with van der Waals surface area (Å²) in [5, 5.41) is 4.47. The lowest BCUT2D eigenvalue weighted by Gasteiger charge is -2.10. The molecule has 0 radical (unpaired) electrons. The summed E-state index contributed by atoms with van der Waals surface area (Å²) in [5.74, 6) is -0.146. The molecule has 0 atom stereocenters. The molecule has 0 unspecified atom stereocenters. The van der Waals surface area contributed by atoms with Gasteiger partial charge in [-0.3, -0.25) is 4.79 Å². The Hall–Kier alpha value is -2.34. The molecule has 2 aromatic carbocycles. The fraction of sp³-hybridized carbons (Fsp3) is 0.143. The molecule has 0 aliphatic carbocycles. The van der Waals surface area contributed by atoms with Crippen LogP contribution in [0.4, 0.5) is 10.7 Å². The summed E-state index contributed by atoms with van der Waals surface area (Å²) in [6.45, 7) is 7.91. The fourth-order valence-corrected chi connectivity index (χ4v) is 4.18. The zero-order chi connectivity index (χ0) is 20.3. The molecule has 3 aromatic rings. The Kier molecular flexibility index (Phi) is 6.39. The average molecular weight is 432 g/mol. The van der Waals surface area contributed by atoms with Crippen molar-refractivity contribution in [2.75, 3.05) is 5.32 Å². The molecule has 0 spiro atoms. The maximum absolute atomic E-state index is 11.8. The first-order chi connectivity index (χ1) is 13.4. The molecule has 0 saturated carbocycles. The van der Waals surface area contributed by atoms with E-state index in [-0.39, 0.29) is 5.91 Å². The second-order valence-electron chi connectivity index (χ2n) is 6.19. The van der Waals surface area contributed by atoms with Crippen molar-refractivity contribution in [3.8, 4) is 11.3 Å². The van der Waals surface area contributed by atoms with Crippen LogP contribution in [-0.4, -0.2) is 10.5 Å². The van der Waals surface area contributed by atoms with Crippen LogP contribution in [0.3, 0.4) is 0 Å². The van der Waals surface area contributed by atoms with Gasteiger partial charge in [0.2, 0.25) is 5.91 Å². The molecule has 3 rings (SSSR count). The number of hydrogen-bond donors (Lipinski definition) is 1. The number of benzene rings is 2. The normalized spacial score (nSPS) is 11.5. The Morgan fingerprint density at radius 2 is 1.96 bits per heavy atom. The van der Waals surface area contributed by atoms with Gasteiger partial charge in [0, 0.05) is 19.0 Å². The lowest BCUT2D eigenvalue weighted by Crippen LogP contribution is -2.15. The van der Waals surface area contributed by atoms with E-state index in [2.05, 4.69) is 11.9 Å². The van der Waals surface area contributed by atoms with E-state index in [1.54, 1.807) is 24.3 Å². The Morgan fingerprint density at radius 1 is 1.25 bits per heavy atom. The van der Waals surface area contributed by atoms with E-state index in [0.717, 1.165) is 21.8 Å². The Morgan fingerprint density at radius 3 is 2.61 bits per heavy atom. The molecule has 1 aromatic heterocycles. The van der Waals surface area contributed by atoms with Gasteiger partial charge in [-0.05, 0) is 19.1 Å². The smallest absolute Gasteiger partial charge is 0.221 e. The highest BCUT2D eigenvalue weighted by Crippen LogP contribution is 2.34. The van der Waals surface area contributed by atoms with Gasteiger partial charge >= 0.3 is 0 Å². The van der Waals surface area contributed by atoms with E-state index >= 15 is 0 Å². The number of anilines is 1. The molecule has 144 valence electrons. The minimum Gasteiger partial charge on any atom is -0.316 e. The highest BCUT2D eigenvalue weighted by Gasteiger charge is 2.17. The molecule has 7 heteroatoms. The van der Waals surface area contributed by atoms with Gasteiger partial charge in [-0.25, -0.2) is 4.99 Å². The molecule has 0 aliphatic rings. The van der Waals surface area contributed by atoms with E-state index in [4.69, 9.17) is 28.2 Å². The fourth-order valence-electron chi connectivity index (χ4n) is 2.72. The zero-order valence-electron chi connectivity index (χ0n) is 15.5. The van der Waals surface area contributed by atoms with E-state index < -0.39 is 0 Å². The minimum absolute atomic E-state index is 0.146. The molecular formula is C21H19Cl2N3OS. The van der Waals surface area contributed by atoms with Crippen LogP contribution < -0.4 is 10.1 Å². The molecule has 1 heterocycles. The number of halogens is 2. The van der Waals surface area contributed by atoms with Crippen molar-refractivity contribution in [1.82, 2.24) is 4.57 Å². The van der Waals surface area contributed by atoms with Gasteiger partial charge in [-0.15, -0.1) is 6.58 Å². The topological polar surface area (TPSA) is 46.4 Å². The third-order valence-electron chi connectivity index (χ3n) is 3.98. The van der Waals surface area contributed by atoms with Gasteiger partial charge in [0.15, 0.2) is 4.80 Å². The maximum Gasteiger partial charge on any atom is 0.221 e. The molecule has 0 fully saturated rings. The van der Waals surface area contributed by atoms with Crippen molar-refractivity contribution >= 4 is 51.1 Å². The third-order valence-corrected chi connectivity index (χ3v) is 5.79. The van der Waals surface area contributed by atoms with Gasteiger partial charge in [0.05, 0.1) is 21.4 Å².